The maximum atomic E-state index is 4.23. The highest BCUT2D eigenvalue weighted by atomic mass is 15.2. The number of hydrogen-bond acceptors (Lipinski definition) is 3. The molecule has 1 N–H and O–H groups in total. The minimum atomic E-state index is 0.754. The number of likely N-dealkylation sites (tertiary alicyclic amines) is 1. The molecule has 0 amide bonds. The van der Waals surface area contributed by atoms with Gasteiger partial charge in [0.15, 0.2) is 0 Å². The molecule has 2 rings (SSSR count). The van der Waals surface area contributed by atoms with Crippen molar-refractivity contribution >= 4 is 0 Å². The maximum Gasteiger partial charge on any atom is 0.105 e. The van der Waals surface area contributed by atoms with Gasteiger partial charge in [0.2, 0.25) is 0 Å². The van der Waals surface area contributed by atoms with Crippen molar-refractivity contribution < 1.29 is 0 Å². The summed E-state index contributed by atoms with van der Waals surface area (Å²) >= 11 is 0. The summed E-state index contributed by atoms with van der Waals surface area (Å²) in [5.74, 6) is 1.10. The summed E-state index contributed by atoms with van der Waals surface area (Å²) < 4.78 is 2.19. The van der Waals surface area contributed by atoms with Crippen molar-refractivity contribution in [3.8, 4) is 0 Å². The molecule has 0 spiro atoms. The normalized spacial score (nSPS) is 21.2. The molecule has 1 saturated heterocycles. The Balaban J connectivity index is 1.65. The number of aromatic nitrogens is 2. The lowest BCUT2D eigenvalue weighted by Gasteiger charge is -2.23. The summed E-state index contributed by atoms with van der Waals surface area (Å²) in [5.41, 5.74) is 0. The zero-order chi connectivity index (χ0) is 12.1. The van der Waals surface area contributed by atoms with Gasteiger partial charge in [0.25, 0.3) is 0 Å². The van der Waals surface area contributed by atoms with Crippen molar-refractivity contribution in [3.63, 3.8) is 0 Å². The van der Waals surface area contributed by atoms with Gasteiger partial charge in [-0.1, -0.05) is 6.92 Å². The second-order valence-electron chi connectivity index (χ2n) is 4.80. The zero-order valence-corrected chi connectivity index (χ0v) is 11.0. The lowest BCUT2D eigenvalue weighted by molar-refractivity contribution is 0.259. The predicted molar refractivity (Wildman–Crippen MR) is 70.1 cm³/mol. The van der Waals surface area contributed by atoms with Gasteiger partial charge in [0.05, 0.1) is 0 Å². The summed E-state index contributed by atoms with van der Waals surface area (Å²) in [5, 5.41) is 3.57. The van der Waals surface area contributed by atoms with E-state index in [-0.39, 0.29) is 0 Å². The van der Waals surface area contributed by atoms with Crippen LogP contribution in [-0.2, 0) is 6.54 Å². The van der Waals surface area contributed by atoms with Crippen LogP contribution >= 0.6 is 0 Å². The number of likely N-dealkylation sites (N-methyl/N-ethyl adjacent to an activating group) is 1. The van der Waals surface area contributed by atoms with Crippen LogP contribution in [0.5, 0.6) is 0 Å². The third-order valence-electron chi connectivity index (χ3n) is 3.74. The third kappa shape index (κ3) is 3.30. The van der Waals surface area contributed by atoms with Crippen LogP contribution in [0, 0.1) is 6.92 Å². The van der Waals surface area contributed by atoms with Crippen molar-refractivity contribution in [1.29, 1.82) is 0 Å². The number of hydrogen-bond donors (Lipinski definition) is 1. The Labute approximate surface area is 104 Å². The molecule has 2 heterocycles. The second kappa shape index (κ2) is 6.17. The molecular weight excluding hydrogens is 212 g/mol. The maximum absolute atomic E-state index is 4.23. The van der Waals surface area contributed by atoms with E-state index in [9.17, 15) is 0 Å². The first-order valence-corrected chi connectivity index (χ1v) is 6.73. The molecule has 1 aromatic heterocycles. The molecule has 0 saturated carbocycles. The zero-order valence-electron chi connectivity index (χ0n) is 11.0. The first-order valence-electron chi connectivity index (χ1n) is 6.73. The smallest absolute Gasteiger partial charge is 0.105 e. The van der Waals surface area contributed by atoms with E-state index in [1.807, 2.05) is 12.4 Å². The van der Waals surface area contributed by atoms with E-state index < -0.39 is 0 Å². The molecule has 1 aliphatic heterocycles. The van der Waals surface area contributed by atoms with Crippen LogP contribution in [0.15, 0.2) is 12.4 Å². The van der Waals surface area contributed by atoms with Crippen LogP contribution in [0.4, 0.5) is 0 Å². The monoisotopic (exact) mass is 236 g/mol. The summed E-state index contributed by atoms with van der Waals surface area (Å²) in [6, 6.07) is 0.754. The van der Waals surface area contributed by atoms with E-state index in [2.05, 4.69) is 33.6 Å². The highest BCUT2D eigenvalue weighted by Crippen LogP contribution is 2.15. The van der Waals surface area contributed by atoms with E-state index >= 15 is 0 Å². The molecule has 96 valence electrons. The molecule has 1 aliphatic rings. The fraction of sp³-hybridized carbons (Fsp3) is 0.769. The fourth-order valence-corrected chi connectivity index (χ4v) is 2.65. The van der Waals surface area contributed by atoms with Crippen LogP contribution in [0.1, 0.15) is 25.6 Å². The largest absolute Gasteiger partial charge is 0.334 e. The molecule has 1 atom stereocenters. The molecule has 1 fully saturated rings. The standard InChI is InChI=1S/C13H24N4/c1-3-16-8-4-5-13(16)11-14-6-9-17-10-7-15-12(17)2/h7,10,13-14H,3-6,8-9,11H2,1-2H3. The van der Waals surface area contributed by atoms with Gasteiger partial charge in [-0.25, -0.2) is 4.98 Å². The Bertz CT molecular complexity index is 334. The van der Waals surface area contributed by atoms with Gasteiger partial charge in [0, 0.05) is 38.1 Å². The van der Waals surface area contributed by atoms with Crippen molar-refractivity contribution in [2.24, 2.45) is 0 Å². The third-order valence-corrected chi connectivity index (χ3v) is 3.74. The number of aryl methyl sites for hydroxylation is 1. The van der Waals surface area contributed by atoms with Gasteiger partial charge in [-0.3, -0.25) is 4.90 Å². The molecule has 17 heavy (non-hydrogen) atoms. The van der Waals surface area contributed by atoms with Gasteiger partial charge in [-0.2, -0.15) is 0 Å². The van der Waals surface area contributed by atoms with Gasteiger partial charge in [0.1, 0.15) is 5.82 Å². The highest BCUT2D eigenvalue weighted by molar-refractivity contribution is 4.88. The second-order valence-corrected chi connectivity index (χ2v) is 4.80. The fourth-order valence-electron chi connectivity index (χ4n) is 2.65. The molecule has 0 aliphatic carbocycles. The van der Waals surface area contributed by atoms with Crippen molar-refractivity contribution in [1.82, 2.24) is 19.8 Å². The van der Waals surface area contributed by atoms with E-state index in [0.717, 1.165) is 31.5 Å². The Morgan fingerprint density at radius 1 is 1.53 bits per heavy atom. The summed E-state index contributed by atoms with van der Waals surface area (Å²) in [7, 11) is 0. The number of nitrogens with one attached hydrogen (secondary N) is 1. The first-order chi connectivity index (χ1) is 8.31. The van der Waals surface area contributed by atoms with E-state index in [4.69, 9.17) is 0 Å². The quantitative estimate of drug-likeness (QED) is 0.755. The Kier molecular flexibility index (Phi) is 4.57. The first kappa shape index (κ1) is 12.6. The average molecular weight is 236 g/mol. The van der Waals surface area contributed by atoms with E-state index in [1.165, 1.54) is 25.9 Å². The Morgan fingerprint density at radius 3 is 3.12 bits per heavy atom. The van der Waals surface area contributed by atoms with Crippen molar-refractivity contribution in [2.75, 3.05) is 26.2 Å². The molecule has 4 heteroatoms. The van der Waals surface area contributed by atoms with Gasteiger partial charge in [-0.05, 0) is 32.9 Å². The molecule has 0 radical (unpaired) electrons. The molecule has 0 bridgehead atoms. The van der Waals surface area contributed by atoms with Crippen LogP contribution < -0.4 is 5.32 Å². The SMILES string of the molecule is CCN1CCCC1CNCCn1ccnc1C. The van der Waals surface area contributed by atoms with Crippen LogP contribution in [0.3, 0.4) is 0 Å². The average Bonchev–Trinajstić information content (AvgIpc) is 2.93. The summed E-state index contributed by atoms with van der Waals surface area (Å²) in [6.07, 6.45) is 6.63. The van der Waals surface area contributed by atoms with Gasteiger partial charge >= 0.3 is 0 Å². The topological polar surface area (TPSA) is 33.1 Å². The lowest BCUT2D eigenvalue weighted by Crippen LogP contribution is -2.38. The molecule has 4 nitrogen and oxygen atoms in total. The van der Waals surface area contributed by atoms with Crippen molar-refractivity contribution in [3.05, 3.63) is 18.2 Å². The Hall–Kier alpha value is -0.870. The van der Waals surface area contributed by atoms with E-state index in [0.29, 0.717) is 0 Å². The van der Waals surface area contributed by atoms with E-state index in [1.54, 1.807) is 0 Å². The minimum Gasteiger partial charge on any atom is -0.334 e. The minimum absolute atomic E-state index is 0.754. The predicted octanol–water partition coefficient (Wildman–Crippen LogP) is 1.27. The highest BCUT2D eigenvalue weighted by Gasteiger charge is 2.21. The van der Waals surface area contributed by atoms with Crippen molar-refractivity contribution in [2.45, 2.75) is 39.3 Å². The molecule has 1 unspecified atom stereocenters. The van der Waals surface area contributed by atoms with Crippen LogP contribution in [0.2, 0.25) is 0 Å². The van der Waals surface area contributed by atoms with Gasteiger partial charge < -0.3 is 9.88 Å². The lowest BCUT2D eigenvalue weighted by atomic mass is 10.2. The molecule has 1 aromatic rings. The summed E-state index contributed by atoms with van der Waals surface area (Å²) in [6.45, 7) is 9.96. The number of imidazole rings is 1. The number of nitrogens with zero attached hydrogens (tertiary/aromatic N) is 3. The van der Waals surface area contributed by atoms with Crippen LogP contribution in [-0.4, -0.2) is 46.7 Å². The van der Waals surface area contributed by atoms with Gasteiger partial charge in [-0.15, -0.1) is 0 Å². The molecular formula is C13H24N4. The summed E-state index contributed by atoms with van der Waals surface area (Å²) in [4.78, 5) is 6.80. The van der Waals surface area contributed by atoms with Crippen LogP contribution in [0.25, 0.3) is 0 Å². The number of rotatable bonds is 6. The Morgan fingerprint density at radius 2 is 2.41 bits per heavy atom. The molecule has 0 aromatic carbocycles.